The number of benzene rings is 1. The van der Waals surface area contributed by atoms with E-state index >= 15 is 0 Å². The van der Waals surface area contributed by atoms with Gasteiger partial charge in [0.1, 0.15) is 11.8 Å². The van der Waals surface area contributed by atoms with E-state index in [0.717, 1.165) is 15.7 Å². The minimum atomic E-state index is 0.280. The van der Waals surface area contributed by atoms with Crippen molar-refractivity contribution in [3.05, 3.63) is 46.2 Å². The van der Waals surface area contributed by atoms with E-state index in [1.165, 1.54) is 0 Å². The average molecular weight is 314 g/mol. The topological polar surface area (TPSA) is 66.9 Å². The number of aryl methyl sites for hydroxylation is 1. The highest BCUT2D eigenvalue weighted by atomic mass is 79.9. The second-order valence-electron chi connectivity index (χ2n) is 4.01. The van der Waals surface area contributed by atoms with Gasteiger partial charge in [-0.05, 0) is 22.9 Å². The molecule has 0 aliphatic rings. The quantitative estimate of drug-likeness (QED) is 0.692. The van der Waals surface area contributed by atoms with Crippen LogP contribution in [0.5, 0.6) is 0 Å². The number of nitriles is 1. The van der Waals surface area contributed by atoms with Gasteiger partial charge in [0.15, 0.2) is 11.3 Å². The molecule has 0 unspecified atom stereocenters. The minimum Gasteiger partial charge on any atom is -0.213 e. The standard InChI is InChI=1S/C13H8BrN5/c1-8-10(7-15)16-17-13-11(14)12(18-19(8)13)9-5-3-2-4-6-9/h2-6H,1H3. The van der Waals surface area contributed by atoms with E-state index in [2.05, 4.69) is 31.2 Å². The number of nitrogens with zero attached hydrogens (tertiary/aromatic N) is 5. The van der Waals surface area contributed by atoms with E-state index in [1.807, 2.05) is 36.4 Å². The third-order valence-electron chi connectivity index (χ3n) is 2.86. The lowest BCUT2D eigenvalue weighted by molar-refractivity contribution is 0.840. The summed E-state index contributed by atoms with van der Waals surface area (Å²) in [6, 6.07) is 11.8. The molecule has 0 fully saturated rings. The van der Waals surface area contributed by atoms with Crippen molar-refractivity contribution in [3.8, 4) is 17.3 Å². The molecule has 92 valence electrons. The molecule has 0 bridgehead atoms. The molecule has 0 aliphatic carbocycles. The van der Waals surface area contributed by atoms with Crippen molar-refractivity contribution in [2.24, 2.45) is 0 Å². The largest absolute Gasteiger partial charge is 0.213 e. The monoisotopic (exact) mass is 313 g/mol. The van der Waals surface area contributed by atoms with Gasteiger partial charge in [0.2, 0.25) is 0 Å². The Kier molecular flexibility index (Phi) is 2.76. The lowest BCUT2D eigenvalue weighted by atomic mass is 10.2. The van der Waals surface area contributed by atoms with Gasteiger partial charge in [-0.15, -0.1) is 10.2 Å². The Morgan fingerprint density at radius 3 is 2.63 bits per heavy atom. The third-order valence-corrected chi connectivity index (χ3v) is 3.59. The molecule has 1 aromatic carbocycles. The highest BCUT2D eigenvalue weighted by Crippen LogP contribution is 2.30. The summed E-state index contributed by atoms with van der Waals surface area (Å²) < 4.78 is 2.41. The Morgan fingerprint density at radius 1 is 1.21 bits per heavy atom. The van der Waals surface area contributed by atoms with Gasteiger partial charge in [-0.25, -0.2) is 4.52 Å². The number of rotatable bonds is 1. The van der Waals surface area contributed by atoms with E-state index < -0.39 is 0 Å². The molecule has 2 aromatic heterocycles. The highest BCUT2D eigenvalue weighted by Gasteiger charge is 2.16. The van der Waals surface area contributed by atoms with Gasteiger partial charge in [-0.1, -0.05) is 30.3 Å². The number of hydrogen-bond acceptors (Lipinski definition) is 4. The molecule has 6 heteroatoms. The van der Waals surface area contributed by atoms with Crippen LogP contribution in [0, 0.1) is 18.3 Å². The maximum absolute atomic E-state index is 8.97. The molecule has 0 aliphatic heterocycles. The summed E-state index contributed by atoms with van der Waals surface area (Å²) in [7, 11) is 0. The number of halogens is 1. The van der Waals surface area contributed by atoms with E-state index in [4.69, 9.17) is 5.26 Å². The first kappa shape index (κ1) is 11.8. The fraction of sp³-hybridized carbons (Fsp3) is 0.0769. The first-order valence-corrected chi connectivity index (χ1v) is 6.38. The fourth-order valence-electron chi connectivity index (χ4n) is 1.86. The zero-order chi connectivity index (χ0) is 13.4. The lowest BCUT2D eigenvalue weighted by Crippen LogP contribution is -2.02. The van der Waals surface area contributed by atoms with Crippen molar-refractivity contribution in [1.29, 1.82) is 5.26 Å². The predicted octanol–water partition coefficient (Wildman–Crippen LogP) is 2.73. The van der Waals surface area contributed by atoms with Crippen LogP contribution in [0.3, 0.4) is 0 Å². The lowest BCUT2D eigenvalue weighted by Gasteiger charge is -1.97. The molecule has 19 heavy (non-hydrogen) atoms. The second-order valence-corrected chi connectivity index (χ2v) is 4.80. The zero-order valence-corrected chi connectivity index (χ0v) is 11.6. The number of fused-ring (bicyclic) bond motifs is 1. The third kappa shape index (κ3) is 1.79. The predicted molar refractivity (Wildman–Crippen MR) is 73.4 cm³/mol. The van der Waals surface area contributed by atoms with Crippen LogP contribution in [-0.4, -0.2) is 19.8 Å². The molecule has 0 saturated heterocycles. The Morgan fingerprint density at radius 2 is 1.95 bits per heavy atom. The van der Waals surface area contributed by atoms with Crippen molar-refractivity contribution in [2.75, 3.05) is 0 Å². The van der Waals surface area contributed by atoms with E-state index in [0.29, 0.717) is 11.3 Å². The van der Waals surface area contributed by atoms with E-state index in [-0.39, 0.29) is 5.69 Å². The molecule has 0 N–H and O–H groups in total. The summed E-state index contributed by atoms with van der Waals surface area (Å²) in [6.45, 7) is 1.80. The SMILES string of the molecule is Cc1c(C#N)nnc2c(Br)c(-c3ccccc3)nn12. The summed E-state index contributed by atoms with van der Waals surface area (Å²) >= 11 is 3.50. The van der Waals surface area contributed by atoms with Crippen molar-refractivity contribution >= 4 is 21.6 Å². The number of aromatic nitrogens is 4. The van der Waals surface area contributed by atoms with Crippen molar-refractivity contribution < 1.29 is 0 Å². The zero-order valence-electron chi connectivity index (χ0n) is 10.0. The van der Waals surface area contributed by atoms with Gasteiger partial charge in [0.05, 0.1) is 10.2 Å². The first-order chi connectivity index (χ1) is 9.22. The molecular weight excluding hydrogens is 306 g/mol. The summed E-state index contributed by atoms with van der Waals surface area (Å²) in [6.07, 6.45) is 0. The summed E-state index contributed by atoms with van der Waals surface area (Å²) in [5.41, 5.74) is 3.33. The molecule has 3 rings (SSSR count). The summed E-state index contributed by atoms with van der Waals surface area (Å²) in [4.78, 5) is 0. The first-order valence-electron chi connectivity index (χ1n) is 5.59. The van der Waals surface area contributed by atoms with Crippen molar-refractivity contribution in [3.63, 3.8) is 0 Å². The fourth-order valence-corrected chi connectivity index (χ4v) is 2.42. The smallest absolute Gasteiger partial charge is 0.192 e. The molecule has 0 radical (unpaired) electrons. The second kappa shape index (κ2) is 4.44. The average Bonchev–Trinajstić information content (AvgIpc) is 2.79. The normalized spacial score (nSPS) is 10.6. The van der Waals surface area contributed by atoms with Gasteiger partial charge in [0, 0.05) is 5.56 Å². The van der Waals surface area contributed by atoms with Crippen LogP contribution in [0.15, 0.2) is 34.8 Å². The molecule has 0 saturated carbocycles. The number of hydrogen-bond donors (Lipinski definition) is 0. The maximum atomic E-state index is 8.97. The minimum absolute atomic E-state index is 0.280. The van der Waals surface area contributed by atoms with Crippen LogP contribution in [-0.2, 0) is 0 Å². The Hall–Kier alpha value is -2.26. The summed E-state index contributed by atoms with van der Waals surface area (Å²) in [5, 5.41) is 21.4. The molecule has 5 nitrogen and oxygen atoms in total. The molecular formula is C13H8BrN5. The molecule has 0 spiro atoms. The van der Waals surface area contributed by atoms with Crippen LogP contribution in [0.1, 0.15) is 11.4 Å². The Balaban J connectivity index is 2.33. The molecule has 3 aromatic rings. The molecule has 0 atom stereocenters. The highest BCUT2D eigenvalue weighted by molar-refractivity contribution is 9.10. The van der Waals surface area contributed by atoms with Crippen molar-refractivity contribution in [1.82, 2.24) is 19.8 Å². The Bertz CT molecular complexity index is 801. The Labute approximate surface area is 117 Å². The van der Waals surface area contributed by atoms with Crippen molar-refractivity contribution in [2.45, 2.75) is 6.92 Å². The van der Waals surface area contributed by atoms with Crippen LogP contribution in [0.25, 0.3) is 16.9 Å². The summed E-state index contributed by atoms with van der Waals surface area (Å²) in [5.74, 6) is 0. The van der Waals surface area contributed by atoms with Gasteiger partial charge >= 0.3 is 0 Å². The van der Waals surface area contributed by atoms with Crippen LogP contribution >= 0.6 is 15.9 Å². The van der Waals surface area contributed by atoms with Gasteiger partial charge < -0.3 is 0 Å². The van der Waals surface area contributed by atoms with E-state index in [9.17, 15) is 0 Å². The van der Waals surface area contributed by atoms with Crippen LogP contribution in [0.4, 0.5) is 0 Å². The molecule has 2 heterocycles. The van der Waals surface area contributed by atoms with Gasteiger partial charge in [-0.2, -0.15) is 10.4 Å². The van der Waals surface area contributed by atoms with Crippen LogP contribution < -0.4 is 0 Å². The van der Waals surface area contributed by atoms with E-state index in [1.54, 1.807) is 11.4 Å². The molecule has 0 amide bonds. The van der Waals surface area contributed by atoms with Crippen LogP contribution in [0.2, 0.25) is 0 Å². The maximum Gasteiger partial charge on any atom is 0.192 e. The van der Waals surface area contributed by atoms with Gasteiger partial charge in [-0.3, -0.25) is 0 Å². The van der Waals surface area contributed by atoms with Gasteiger partial charge in [0.25, 0.3) is 0 Å².